The summed E-state index contributed by atoms with van der Waals surface area (Å²) in [6.07, 6.45) is 3.59. The van der Waals surface area contributed by atoms with Crippen LogP contribution in [-0.4, -0.2) is 33.9 Å². The van der Waals surface area contributed by atoms with Crippen molar-refractivity contribution >= 4 is 43.9 Å². The Morgan fingerprint density at radius 3 is 2.36 bits per heavy atom. The van der Waals surface area contributed by atoms with Crippen LogP contribution >= 0.6 is 11.3 Å². The summed E-state index contributed by atoms with van der Waals surface area (Å²) in [5.41, 5.74) is 4.56. The quantitative estimate of drug-likeness (QED) is 0.429. The van der Waals surface area contributed by atoms with Gasteiger partial charge >= 0.3 is 5.97 Å². The Kier molecular flexibility index (Phi) is 7.51. The van der Waals surface area contributed by atoms with Crippen molar-refractivity contribution in [3.05, 3.63) is 75.2 Å². The molecule has 0 unspecified atom stereocenters. The van der Waals surface area contributed by atoms with Crippen LogP contribution in [0.1, 0.15) is 50.3 Å². The van der Waals surface area contributed by atoms with Gasteiger partial charge in [0.15, 0.2) is 0 Å². The largest absolute Gasteiger partial charge is 0.465 e. The number of carbonyl (C=O) groups excluding carboxylic acids is 2. The highest BCUT2D eigenvalue weighted by molar-refractivity contribution is 7.92. The van der Waals surface area contributed by atoms with Crippen LogP contribution < -0.4 is 9.62 Å². The number of sulfonamides is 1. The molecule has 1 amide bonds. The van der Waals surface area contributed by atoms with Crippen LogP contribution in [-0.2, 0) is 32.4 Å². The summed E-state index contributed by atoms with van der Waals surface area (Å²) in [6.45, 7) is 5.28. The van der Waals surface area contributed by atoms with Gasteiger partial charge in [-0.15, -0.1) is 11.3 Å². The van der Waals surface area contributed by atoms with Crippen LogP contribution in [0.25, 0.3) is 0 Å². The lowest BCUT2D eigenvalue weighted by Crippen LogP contribution is -2.38. The topological polar surface area (TPSA) is 92.8 Å². The lowest BCUT2D eigenvalue weighted by atomic mass is 9.95. The Labute approximate surface area is 216 Å². The number of carbonyl (C=O) groups is 2. The number of fused-ring (bicyclic) bond motifs is 1. The fourth-order valence-electron chi connectivity index (χ4n) is 4.30. The first-order valence-electron chi connectivity index (χ1n) is 11.8. The van der Waals surface area contributed by atoms with Gasteiger partial charge < -0.3 is 10.1 Å². The van der Waals surface area contributed by atoms with Crippen molar-refractivity contribution in [1.29, 1.82) is 0 Å². The van der Waals surface area contributed by atoms with E-state index in [1.54, 1.807) is 36.4 Å². The molecule has 1 aromatic heterocycles. The summed E-state index contributed by atoms with van der Waals surface area (Å²) >= 11 is 1.37. The monoisotopic (exact) mass is 526 g/mol. The van der Waals surface area contributed by atoms with E-state index in [1.807, 2.05) is 26.8 Å². The first-order valence-corrected chi connectivity index (χ1v) is 14.1. The molecule has 0 fully saturated rings. The number of esters is 1. The molecule has 1 aliphatic rings. The van der Waals surface area contributed by atoms with Crippen LogP contribution in [0.15, 0.2) is 47.4 Å². The molecular formula is C27H30N2O5S2. The fourth-order valence-corrected chi connectivity index (χ4v) is 7.01. The van der Waals surface area contributed by atoms with Crippen molar-refractivity contribution in [2.75, 3.05) is 23.3 Å². The molecule has 0 radical (unpaired) electrons. The maximum absolute atomic E-state index is 13.7. The highest BCUT2D eigenvalue weighted by Gasteiger charge is 2.30. The second-order valence-electron chi connectivity index (χ2n) is 9.05. The van der Waals surface area contributed by atoms with Gasteiger partial charge in [0.05, 0.1) is 23.3 Å². The molecule has 36 heavy (non-hydrogen) atoms. The SMILES string of the molecule is COC(=O)c1c(NC(=O)CN(c2ccc(C)c(C)c2)S(=O)(=O)c2ccc(C)cc2)sc2c1CCCC2. The highest BCUT2D eigenvalue weighted by atomic mass is 32.2. The molecule has 1 heterocycles. The average Bonchev–Trinajstić information content (AvgIpc) is 3.21. The third-order valence-electron chi connectivity index (χ3n) is 6.49. The molecule has 7 nitrogen and oxygen atoms in total. The third kappa shape index (κ3) is 5.17. The normalized spacial score (nSPS) is 13.1. The van der Waals surface area contributed by atoms with E-state index in [-0.39, 0.29) is 4.90 Å². The molecule has 1 aliphatic carbocycles. The van der Waals surface area contributed by atoms with E-state index in [4.69, 9.17) is 4.74 Å². The molecule has 190 valence electrons. The molecule has 3 aromatic rings. The van der Waals surface area contributed by atoms with E-state index in [0.29, 0.717) is 16.3 Å². The number of hydrogen-bond acceptors (Lipinski definition) is 6. The number of nitrogens with one attached hydrogen (secondary N) is 1. The van der Waals surface area contributed by atoms with Gasteiger partial charge in [-0.25, -0.2) is 13.2 Å². The van der Waals surface area contributed by atoms with Crippen LogP contribution in [0.3, 0.4) is 0 Å². The van der Waals surface area contributed by atoms with Crippen LogP contribution in [0.2, 0.25) is 0 Å². The number of ether oxygens (including phenoxy) is 1. The van der Waals surface area contributed by atoms with Crippen molar-refractivity contribution < 1.29 is 22.7 Å². The summed E-state index contributed by atoms with van der Waals surface area (Å²) in [6, 6.07) is 11.8. The van der Waals surface area contributed by atoms with Gasteiger partial charge in [0.2, 0.25) is 5.91 Å². The predicted molar refractivity (Wildman–Crippen MR) is 143 cm³/mol. The fraction of sp³-hybridized carbons (Fsp3) is 0.333. The lowest BCUT2D eigenvalue weighted by Gasteiger charge is -2.25. The maximum atomic E-state index is 13.7. The molecule has 0 spiro atoms. The van der Waals surface area contributed by atoms with E-state index >= 15 is 0 Å². The average molecular weight is 527 g/mol. The van der Waals surface area contributed by atoms with Crippen LogP contribution in [0.5, 0.6) is 0 Å². The van der Waals surface area contributed by atoms with E-state index < -0.39 is 28.4 Å². The number of nitrogens with zero attached hydrogens (tertiary/aromatic N) is 1. The first kappa shape index (κ1) is 25.9. The number of thiophene rings is 1. The smallest absolute Gasteiger partial charge is 0.341 e. The molecule has 1 N–H and O–H groups in total. The lowest BCUT2D eigenvalue weighted by molar-refractivity contribution is -0.114. The Balaban J connectivity index is 1.70. The molecular weight excluding hydrogens is 496 g/mol. The van der Waals surface area contributed by atoms with Crippen molar-refractivity contribution in [1.82, 2.24) is 0 Å². The third-order valence-corrected chi connectivity index (χ3v) is 9.48. The number of benzene rings is 2. The summed E-state index contributed by atoms with van der Waals surface area (Å²) in [5.74, 6) is -1.03. The molecule has 9 heteroatoms. The first-order chi connectivity index (χ1) is 17.1. The van der Waals surface area contributed by atoms with Gasteiger partial charge in [-0.1, -0.05) is 23.8 Å². The molecule has 0 saturated heterocycles. The molecule has 0 aliphatic heterocycles. The number of rotatable bonds is 7. The maximum Gasteiger partial charge on any atom is 0.341 e. The number of amides is 1. The summed E-state index contributed by atoms with van der Waals surface area (Å²) in [7, 11) is -2.72. The van der Waals surface area contributed by atoms with E-state index in [0.717, 1.165) is 57.1 Å². The summed E-state index contributed by atoms with van der Waals surface area (Å²) in [5, 5.41) is 3.22. The molecule has 0 bridgehead atoms. The van der Waals surface area contributed by atoms with Gasteiger partial charge in [0, 0.05) is 4.88 Å². The predicted octanol–water partition coefficient (Wildman–Crippen LogP) is 5.17. The zero-order valence-corrected chi connectivity index (χ0v) is 22.5. The summed E-state index contributed by atoms with van der Waals surface area (Å²) < 4.78 is 33.5. The van der Waals surface area contributed by atoms with Gasteiger partial charge in [-0.05, 0) is 87.4 Å². The number of methoxy groups -OCH3 is 1. The van der Waals surface area contributed by atoms with Gasteiger partial charge in [-0.3, -0.25) is 9.10 Å². The van der Waals surface area contributed by atoms with E-state index in [9.17, 15) is 18.0 Å². The number of hydrogen-bond donors (Lipinski definition) is 1. The molecule has 4 rings (SSSR count). The Morgan fingerprint density at radius 1 is 1.00 bits per heavy atom. The Bertz CT molecular complexity index is 1410. The van der Waals surface area contributed by atoms with E-state index in [1.165, 1.54) is 18.4 Å². The zero-order valence-electron chi connectivity index (χ0n) is 20.9. The van der Waals surface area contributed by atoms with E-state index in [2.05, 4.69) is 5.32 Å². The second-order valence-corrected chi connectivity index (χ2v) is 12.0. The minimum absolute atomic E-state index is 0.0981. The minimum Gasteiger partial charge on any atom is -0.465 e. The summed E-state index contributed by atoms with van der Waals surface area (Å²) in [4.78, 5) is 27.0. The Hall–Kier alpha value is -3.17. The minimum atomic E-state index is -4.04. The highest BCUT2D eigenvalue weighted by Crippen LogP contribution is 2.38. The van der Waals surface area contributed by atoms with Gasteiger partial charge in [-0.2, -0.15) is 0 Å². The Morgan fingerprint density at radius 2 is 1.69 bits per heavy atom. The standard InChI is InChI=1S/C27H30N2O5S2/c1-17-9-13-21(14-10-17)36(32,33)29(20-12-11-18(2)19(3)15-20)16-24(30)28-26-25(27(31)34-4)22-7-5-6-8-23(22)35-26/h9-15H,5-8,16H2,1-4H3,(H,28,30). The van der Waals surface area contributed by atoms with Crippen molar-refractivity contribution in [2.45, 2.75) is 51.3 Å². The van der Waals surface area contributed by atoms with Gasteiger partial charge in [0.1, 0.15) is 11.5 Å². The molecule has 0 saturated carbocycles. The van der Waals surface area contributed by atoms with Crippen molar-refractivity contribution in [3.63, 3.8) is 0 Å². The number of aryl methyl sites for hydroxylation is 4. The molecule has 2 aromatic carbocycles. The zero-order chi connectivity index (χ0) is 26.0. The second kappa shape index (κ2) is 10.4. The number of anilines is 2. The molecule has 0 atom stereocenters. The van der Waals surface area contributed by atoms with Gasteiger partial charge in [0.25, 0.3) is 10.0 Å². The van der Waals surface area contributed by atoms with Crippen LogP contribution in [0.4, 0.5) is 10.7 Å². The van der Waals surface area contributed by atoms with Crippen LogP contribution in [0, 0.1) is 20.8 Å². The van der Waals surface area contributed by atoms with Crippen molar-refractivity contribution in [3.8, 4) is 0 Å². The van der Waals surface area contributed by atoms with Crippen molar-refractivity contribution in [2.24, 2.45) is 0 Å².